The number of fused-ring (bicyclic) bond motifs is 1. The first-order chi connectivity index (χ1) is 17.1. The van der Waals surface area contributed by atoms with Crippen molar-refractivity contribution in [1.29, 1.82) is 0 Å². The molecule has 3 aromatic carbocycles. The van der Waals surface area contributed by atoms with Crippen molar-refractivity contribution in [3.05, 3.63) is 113 Å². The van der Waals surface area contributed by atoms with Gasteiger partial charge in [-0.05, 0) is 60.2 Å². The van der Waals surface area contributed by atoms with E-state index in [9.17, 15) is 4.79 Å². The van der Waals surface area contributed by atoms with Gasteiger partial charge in [0.05, 0.1) is 39.1 Å². The first kappa shape index (κ1) is 22.9. The Labute approximate surface area is 212 Å². The van der Waals surface area contributed by atoms with Crippen molar-refractivity contribution >= 4 is 57.2 Å². The molecule has 0 aliphatic rings. The van der Waals surface area contributed by atoms with Crippen molar-refractivity contribution in [3.8, 4) is 0 Å². The fourth-order valence-corrected chi connectivity index (χ4v) is 5.04. The number of thiazole rings is 1. The van der Waals surface area contributed by atoms with Crippen LogP contribution in [0.4, 0.5) is 17.1 Å². The monoisotopic (exact) mass is 497 g/mol. The Morgan fingerprint density at radius 3 is 2.57 bits per heavy atom. The number of hydrogen-bond donors (Lipinski definition) is 4. The van der Waals surface area contributed by atoms with Crippen molar-refractivity contribution in [1.82, 2.24) is 9.97 Å². The highest BCUT2D eigenvalue weighted by Gasteiger charge is 2.16. The molecule has 4 N–H and O–H groups in total. The largest absolute Gasteiger partial charge is 0.397 e. The molecule has 0 saturated carbocycles. The minimum absolute atomic E-state index is 0.195. The molecule has 0 radical (unpaired) electrons. The first-order valence-corrected chi connectivity index (χ1v) is 12.4. The molecule has 5 rings (SSSR count). The molecule has 174 valence electrons. The fourth-order valence-electron chi connectivity index (χ4n) is 3.63. The van der Waals surface area contributed by atoms with Crippen LogP contribution in [0.5, 0.6) is 0 Å². The van der Waals surface area contributed by atoms with Gasteiger partial charge in [-0.2, -0.15) is 12.6 Å². The van der Waals surface area contributed by atoms with Crippen LogP contribution >= 0.6 is 24.0 Å². The number of amides is 1. The third-order valence-corrected chi connectivity index (χ3v) is 7.34. The van der Waals surface area contributed by atoms with Crippen molar-refractivity contribution in [2.24, 2.45) is 0 Å². The van der Waals surface area contributed by atoms with E-state index >= 15 is 0 Å². The zero-order valence-corrected chi connectivity index (χ0v) is 20.4. The number of benzene rings is 3. The molecular formula is C27H23N5OS2. The number of nitrogens with one attached hydrogen (secondary N) is 2. The first-order valence-electron chi connectivity index (χ1n) is 11.0. The number of carbonyl (C=O) groups excluding carboxylic acids is 1. The molecule has 0 spiro atoms. The van der Waals surface area contributed by atoms with E-state index < -0.39 is 0 Å². The normalized spacial score (nSPS) is 11.8. The van der Waals surface area contributed by atoms with E-state index in [1.54, 1.807) is 41.8 Å². The Kier molecular flexibility index (Phi) is 6.65. The molecule has 1 amide bonds. The van der Waals surface area contributed by atoms with Gasteiger partial charge in [-0.25, -0.2) is 4.98 Å². The molecule has 5 aromatic rings. The van der Waals surface area contributed by atoms with Crippen LogP contribution in [0, 0.1) is 0 Å². The molecule has 2 heterocycles. The van der Waals surface area contributed by atoms with Gasteiger partial charge in [0.2, 0.25) is 0 Å². The quantitative estimate of drug-likeness (QED) is 0.160. The van der Waals surface area contributed by atoms with E-state index in [4.69, 9.17) is 23.3 Å². The average molecular weight is 498 g/mol. The summed E-state index contributed by atoms with van der Waals surface area (Å²) < 4.78 is 1.08. The summed E-state index contributed by atoms with van der Waals surface area (Å²) in [7, 11) is 0. The van der Waals surface area contributed by atoms with E-state index in [0.717, 1.165) is 32.2 Å². The molecule has 0 bridgehead atoms. The Hall–Kier alpha value is -3.88. The molecule has 0 saturated heterocycles. The van der Waals surface area contributed by atoms with Crippen LogP contribution in [0.15, 0.2) is 91.1 Å². The lowest BCUT2D eigenvalue weighted by molar-refractivity contribution is 0.102. The van der Waals surface area contributed by atoms with Crippen LogP contribution in [0.3, 0.4) is 0 Å². The van der Waals surface area contributed by atoms with Crippen LogP contribution in [0.1, 0.15) is 31.9 Å². The maximum Gasteiger partial charge on any atom is 0.255 e. The second kappa shape index (κ2) is 10.2. The minimum atomic E-state index is -0.212. The smallest absolute Gasteiger partial charge is 0.255 e. The van der Waals surface area contributed by atoms with Crippen LogP contribution in [-0.2, 0) is 6.54 Å². The number of nitrogens with two attached hydrogens (primary N) is 1. The van der Waals surface area contributed by atoms with E-state index in [0.29, 0.717) is 23.5 Å². The third kappa shape index (κ3) is 5.29. The van der Waals surface area contributed by atoms with Gasteiger partial charge >= 0.3 is 0 Å². The van der Waals surface area contributed by atoms with Crippen LogP contribution in [-0.4, -0.2) is 15.9 Å². The second-order valence-electron chi connectivity index (χ2n) is 7.98. The highest BCUT2D eigenvalue weighted by molar-refractivity contribution is 7.81. The van der Waals surface area contributed by atoms with Crippen LogP contribution < -0.4 is 16.4 Å². The number of nitrogens with zero attached hydrogens (tertiary/aromatic N) is 2. The lowest BCUT2D eigenvalue weighted by Gasteiger charge is -2.10. The lowest BCUT2D eigenvalue weighted by Crippen LogP contribution is -2.13. The van der Waals surface area contributed by atoms with E-state index in [2.05, 4.69) is 21.7 Å². The fraction of sp³-hybridized carbons (Fsp3) is 0.0741. The molecule has 6 nitrogen and oxygen atoms in total. The van der Waals surface area contributed by atoms with Gasteiger partial charge < -0.3 is 16.4 Å². The summed E-state index contributed by atoms with van der Waals surface area (Å²) in [5.74, 6) is -0.212. The maximum atomic E-state index is 12.6. The highest BCUT2D eigenvalue weighted by Crippen LogP contribution is 2.35. The molecule has 0 aliphatic heterocycles. The second-order valence-corrected chi connectivity index (χ2v) is 9.55. The van der Waals surface area contributed by atoms with Gasteiger partial charge in [0.15, 0.2) is 0 Å². The summed E-state index contributed by atoms with van der Waals surface area (Å²) in [4.78, 5) is 21.7. The van der Waals surface area contributed by atoms with Gasteiger partial charge in [0.1, 0.15) is 5.01 Å². The van der Waals surface area contributed by atoms with Gasteiger partial charge in [0, 0.05) is 17.4 Å². The van der Waals surface area contributed by atoms with E-state index in [1.807, 2.05) is 54.6 Å². The summed E-state index contributed by atoms with van der Waals surface area (Å²) in [6.07, 6.45) is 1.79. The lowest BCUT2D eigenvalue weighted by atomic mass is 10.1. The molecule has 1 atom stereocenters. The van der Waals surface area contributed by atoms with Gasteiger partial charge in [-0.3, -0.25) is 9.78 Å². The van der Waals surface area contributed by atoms with Crippen molar-refractivity contribution in [2.45, 2.75) is 11.8 Å². The van der Waals surface area contributed by atoms with Crippen molar-refractivity contribution in [3.63, 3.8) is 0 Å². The predicted octanol–water partition coefficient (Wildman–Crippen LogP) is 6.16. The molecule has 35 heavy (non-hydrogen) atoms. The average Bonchev–Trinajstić information content (AvgIpc) is 3.32. The zero-order valence-electron chi connectivity index (χ0n) is 18.7. The summed E-state index contributed by atoms with van der Waals surface area (Å²) in [6.45, 7) is 0.657. The van der Waals surface area contributed by atoms with Crippen LogP contribution in [0.2, 0.25) is 0 Å². The summed E-state index contributed by atoms with van der Waals surface area (Å²) >= 11 is 6.43. The molecule has 0 fully saturated rings. The van der Waals surface area contributed by atoms with Crippen molar-refractivity contribution in [2.75, 3.05) is 16.4 Å². The van der Waals surface area contributed by atoms with Gasteiger partial charge in [-0.1, -0.05) is 30.3 Å². The predicted molar refractivity (Wildman–Crippen MR) is 147 cm³/mol. The molecule has 1 unspecified atom stereocenters. The van der Waals surface area contributed by atoms with Crippen molar-refractivity contribution < 1.29 is 4.79 Å². The van der Waals surface area contributed by atoms with Gasteiger partial charge in [0.25, 0.3) is 5.91 Å². The Morgan fingerprint density at radius 1 is 1.00 bits per heavy atom. The number of para-hydroxylation sites is 2. The maximum absolute atomic E-state index is 12.6. The summed E-state index contributed by atoms with van der Waals surface area (Å²) in [5, 5.41) is 6.97. The molecule has 0 aliphatic carbocycles. The third-order valence-electron chi connectivity index (χ3n) is 5.54. The number of carbonyl (C=O) groups is 1. The summed E-state index contributed by atoms with van der Waals surface area (Å²) in [6, 6.07) is 26.6. The Morgan fingerprint density at radius 2 is 1.80 bits per heavy atom. The molecule has 8 heteroatoms. The number of thiol groups is 1. The Balaban J connectivity index is 1.28. The Bertz CT molecular complexity index is 1470. The number of rotatable bonds is 7. The van der Waals surface area contributed by atoms with E-state index in [1.165, 1.54) is 0 Å². The number of pyridine rings is 1. The van der Waals surface area contributed by atoms with Crippen LogP contribution in [0.25, 0.3) is 10.2 Å². The number of nitrogen functional groups attached to an aromatic ring is 1. The molecular weight excluding hydrogens is 474 g/mol. The summed E-state index contributed by atoms with van der Waals surface area (Å²) in [5.41, 5.74) is 11.5. The SMILES string of the molecule is Nc1ccccc1NC(=O)c1ccc(C(S)c2nc3ccc(NCc4ccccn4)cc3s2)cc1. The number of aromatic nitrogens is 2. The topological polar surface area (TPSA) is 92.9 Å². The standard InChI is InChI=1S/C27H23N5OS2/c28-21-6-1-2-7-22(21)31-26(33)18-10-8-17(9-11-18)25(34)27-32-23-13-12-19(15-24(23)35-27)30-16-20-5-3-4-14-29-20/h1-15,25,30,34H,16,28H2,(H,31,33). The zero-order chi connectivity index (χ0) is 24.2. The van der Waals surface area contributed by atoms with E-state index in [-0.39, 0.29) is 11.2 Å². The number of anilines is 3. The highest BCUT2D eigenvalue weighted by atomic mass is 32.1. The minimum Gasteiger partial charge on any atom is -0.397 e. The molecule has 2 aromatic heterocycles. The number of hydrogen-bond acceptors (Lipinski definition) is 7. The van der Waals surface area contributed by atoms with Gasteiger partial charge in [-0.15, -0.1) is 11.3 Å².